The first kappa shape index (κ1) is 17.4. The Balaban J connectivity index is 1.82. The van der Waals surface area contributed by atoms with Crippen molar-refractivity contribution in [3.63, 3.8) is 0 Å². The van der Waals surface area contributed by atoms with Gasteiger partial charge in [-0.2, -0.15) is 0 Å². The van der Waals surface area contributed by atoms with Gasteiger partial charge in [0.25, 0.3) is 0 Å². The van der Waals surface area contributed by atoms with E-state index in [1.807, 2.05) is 0 Å². The Morgan fingerprint density at radius 1 is 1.21 bits per heavy atom. The van der Waals surface area contributed by atoms with E-state index in [9.17, 15) is 8.42 Å². The van der Waals surface area contributed by atoms with Gasteiger partial charge in [0.1, 0.15) is 5.69 Å². The minimum absolute atomic E-state index is 0.219. The van der Waals surface area contributed by atoms with Crippen LogP contribution in [0.1, 0.15) is 18.5 Å². The minimum atomic E-state index is -3.15. The zero-order chi connectivity index (χ0) is 17.3. The maximum Gasteiger partial charge on any atom is 0.211 e. The van der Waals surface area contributed by atoms with Gasteiger partial charge in [-0.1, -0.05) is 0 Å². The highest BCUT2D eigenvalue weighted by molar-refractivity contribution is 7.88. The molecule has 1 aromatic heterocycles. The molecule has 2 atom stereocenters. The van der Waals surface area contributed by atoms with E-state index >= 15 is 0 Å². The van der Waals surface area contributed by atoms with Gasteiger partial charge in [-0.15, -0.1) is 0 Å². The van der Waals surface area contributed by atoms with Crippen LogP contribution in [0.2, 0.25) is 0 Å². The Kier molecular flexibility index (Phi) is 4.98. The summed E-state index contributed by atoms with van der Waals surface area (Å²) < 4.78 is 36.4. The molecular formula is C16H25N3O4S. The van der Waals surface area contributed by atoms with Gasteiger partial charge in [-0.25, -0.2) is 12.7 Å². The fourth-order valence-corrected chi connectivity index (χ4v) is 4.68. The van der Waals surface area contributed by atoms with E-state index in [1.165, 1.54) is 6.26 Å². The van der Waals surface area contributed by atoms with Gasteiger partial charge in [0.05, 0.1) is 20.5 Å². The summed E-state index contributed by atoms with van der Waals surface area (Å²) in [4.78, 5) is 6.79. The molecule has 0 radical (unpaired) electrons. The smallest absolute Gasteiger partial charge is 0.211 e. The number of ether oxygens (including phenoxy) is 2. The highest BCUT2D eigenvalue weighted by Crippen LogP contribution is 2.34. The lowest BCUT2D eigenvalue weighted by molar-refractivity contribution is 0.122. The highest BCUT2D eigenvalue weighted by Gasteiger charge is 2.38. The van der Waals surface area contributed by atoms with Crippen LogP contribution in [0.5, 0.6) is 11.5 Å². The quantitative estimate of drug-likeness (QED) is 0.783. The summed E-state index contributed by atoms with van der Waals surface area (Å²) in [5.74, 6) is 1.69. The molecule has 3 aliphatic heterocycles. The van der Waals surface area contributed by atoms with Crippen LogP contribution in [0.15, 0.2) is 12.3 Å². The summed E-state index contributed by atoms with van der Waals surface area (Å²) in [6.07, 6.45) is 5.11. The summed E-state index contributed by atoms with van der Waals surface area (Å²) in [5.41, 5.74) is 0.829. The van der Waals surface area contributed by atoms with Crippen molar-refractivity contribution in [3.8, 4) is 11.5 Å². The van der Waals surface area contributed by atoms with E-state index in [4.69, 9.17) is 9.47 Å². The minimum Gasteiger partial charge on any atom is -0.493 e. The molecule has 3 saturated heterocycles. The average Bonchev–Trinajstić information content (AvgIpc) is 2.86. The SMILES string of the molecule is COc1ccnc(CN2CC3CCC2CN(S(C)(=O)=O)C3)c1OC. The molecule has 3 fully saturated rings. The number of hydrogen-bond acceptors (Lipinski definition) is 6. The first-order valence-electron chi connectivity index (χ1n) is 8.17. The van der Waals surface area contributed by atoms with E-state index in [-0.39, 0.29) is 6.04 Å². The third kappa shape index (κ3) is 3.50. The zero-order valence-electron chi connectivity index (χ0n) is 14.4. The number of pyridine rings is 1. The van der Waals surface area contributed by atoms with Crippen LogP contribution in [0, 0.1) is 5.92 Å². The van der Waals surface area contributed by atoms with Crippen molar-refractivity contribution in [1.29, 1.82) is 0 Å². The summed E-state index contributed by atoms with van der Waals surface area (Å²) in [6, 6.07) is 2.00. The Hall–Kier alpha value is -1.38. The van der Waals surface area contributed by atoms with E-state index in [0.717, 1.165) is 25.1 Å². The maximum absolute atomic E-state index is 12.0. The number of fused-ring (bicyclic) bond motifs is 4. The molecular weight excluding hydrogens is 330 g/mol. The fourth-order valence-electron chi connectivity index (χ4n) is 3.76. The molecule has 0 spiro atoms. The van der Waals surface area contributed by atoms with Gasteiger partial charge in [0, 0.05) is 44.5 Å². The number of nitrogens with zero attached hydrogens (tertiary/aromatic N) is 3. The van der Waals surface area contributed by atoms with Crippen LogP contribution < -0.4 is 9.47 Å². The van der Waals surface area contributed by atoms with Crippen molar-refractivity contribution in [2.24, 2.45) is 5.92 Å². The Morgan fingerprint density at radius 3 is 2.67 bits per heavy atom. The van der Waals surface area contributed by atoms with Gasteiger partial charge in [0.2, 0.25) is 10.0 Å². The van der Waals surface area contributed by atoms with Crippen LogP contribution >= 0.6 is 0 Å². The molecule has 0 aliphatic carbocycles. The van der Waals surface area contributed by atoms with Gasteiger partial charge < -0.3 is 9.47 Å². The fraction of sp³-hybridized carbons (Fsp3) is 0.688. The summed E-state index contributed by atoms with van der Waals surface area (Å²) in [7, 11) is 0.0762. The van der Waals surface area contributed by atoms with Crippen molar-refractivity contribution in [2.45, 2.75) is 25.4 Å². The second-order valence-electron chi connectivity index (χ2n) is 6.60. The van der Waals surface area contributed by atoms with Crippen molar-refractivity contribution in [2.75, 3.05) is 40.1 Å². The van der Waals surface area contributed by atoms with E-state index in [1.54, 1.807) is 30.8 Å². The molecule has 2 unspecified atom stereocenters. The molecule has 7 nitrogen and oxygen atoms in total. The molecule has 0 N–H and O–H groups in total. The molecule has 0 amide bonds. The predicted molar refractivity (Wildman–Crippen MR) is 90.7 cm³/mol. The predicted octanol–water partition coefficient (Wildman–Crippen LogP) is 0.955. The number of methoxy groups -OCH3 is 2. The lowest BCUT2D eigenvalue weighted by atomic mass is 9.95. The van der Waals surface area contributed by atoms with Gasteiger partial charge in [-0.05, 0) is 18.8 Å². The molecule has 8 heteroatoms. The zero-order valence-corrected chi connectivity index (χ0v) is 15.3. The summed E-state index contributed by atoms with van der Waals surface area (Å²) in [5, 5.41) is 0. The van der Waals surface area contributed by atoms with Crippen molar-refractivity contribution in [1.82, 2.24) is 14.2 Å². The summed E-state index contributed by atoms with van der Waals surface area (Å²) in [6.45, 7) is 2.70. The standard InChI is InChI=1S/C16H25N3O4S/c1-22-15-6-7-17-14(16(15)23-2)11-18-8-12-4-5-13(18)10-19(9-12)24(3,20)21/h6-7,12-13H,4-5,8-11H2,1-3H3. The Labute approximate surface area is 143 Å². The normalized spacial score (nSPS) is 25.5. The van der Waals surface area contributed by atoms with Crippen molar-refractivity contribution in [3.05, 3.63) is 18.0 Å². The monoisotopic (exact) mass is 355 g/mol. The Bertz CT molecular complexity index is 695. The molecule has 0 saturated carbocycles. The van der Waals surface area contributed by atoms with Gasteiger partial charge in [-0.3, -0.25) is 9.88 Å². The number of aromatic nitrogens is 1. The molecule has 1 aromatic rings. The van der Waals surface area contributed by atoms with Crippen LogP contribution in [-0.4, -0.2) is 68.8 Å². The largest absolute Gasteiger partial charge is 0.493 e. The van der Waals surface area contributed by atoms with Crippen molar-refractivity contribution >= 4 is 10.0 Å². The van der Waals surface area contributed by atoms with Gasteiger partial charge in [0.15, 0.2) is 11.5 Å². The molecule has 2 bridgehead atoms. The first-order chi connectivity index (χ1) is 11.4. The topological polar surface area (TPSA) is 72.0 Å². The molecule has 24 heavy (non-hydrogen) atoms. The van der Waals surface area contributed by atoms with Crippen molar-refractivity contribution < 1.29 is 17.9 Å². The van der Waals surface area contributed by atoms with Crippen LogP contribution in [0.3, 0.4) is 0 Å². The second-order valence-corrected chi connectivity index (χ2v) is 8.58. The highest BCUT2D eigenvalue weighted by atomic mass is 32.2. The van der Waals surface area contributed by atoms with E-state index in [0.29, 0.717) is 37.1 Å². The van der Waals surface area contributed by atoms with E-state index < -0.39 is 10.0 Å². The third-order valence-electron chi connectivity index (χ3n) is 4.98. The Morgan fingerprint density at radius 2 is 2.00 bits per heavy atom. The first-order valence-corrected chi connectivity index (χ1v) is 10.0. The number of sulfonamides is 1. The average molecular weight is 355 g/mol. The van der Waals surface area contributed by atoms with Gasteiger partial charge >= 0.3 is 0 Å². The number of hydrogen-bond donors (Lipinski definition) is 0. The second kappa shape index (κ2) is 6.85. The molecule has 4 heterocycles. The third-order valence-corrected chi connectivity index (χ3v) is 6.22. The number of piperidine rings is 1. The maximum atomic E-state index is 12.0. The molecule has 4 rings (SSSR count). The summed E-state index contributed by atoms with van der Waals surface area (Å²) >= 11 is 0. The lowest BCUT2D eigenvalue weighted by Gasteiger charge is -2.36. The van der Waals surface area contributed by atoms with E-state index in [2.05, 4.69) is 9.88 Å². The van der Waals surface area contributed by atoms with Crippen LogP contribution in [-0.2, 0) is 16.6 Å². The van der Waals surface area contributed by atoms with Crippen LogP contribution in [0.4, 0.5) is 0 Å². The van der Waals surface area contributed by atoms with Crippen LogP contribution in [0.25, 0.3) is 0 Å². The molecule has 3 aliphatic rings. The molecule has 0 aromatic carbocycles. The lowest BCUT2D eigenvalue weighted by Crippen LogP contribution is -2.44. The number of rotatable bonds is 5. The molecule has 134 valence electrons.